The number of nitrogens with zero attached hydrogens (tertiary/aromatic N) is 10. The van der Waals surface area contributed by atoms with Crippen LogP contribution in [0.5, 0.6) is 11.8 Å². The quantitative estimate of drug-likeness (QED) is 0.0941. The smallest absolute Gasteiger partial charge is 0.460 e. The highest BCUT2D eigenvalue weighted by atomic mass is 35.5. The first kappa shape index (κ1) is 56.8. The molecule has 0 aliphatic carbocycles. The zero-order valence-electron chi connectivity index (χ0n) is 36.5. The monoisotopic (exact) mass is 1000 g/mol. The fraction of sp³-hybridized carbons (Fsp3) is 0.500. The van der Waals surface area contributed by atoms with Gasteiger partial charge in [-0.25, -0.2) is 18.7 Å². The number of methoxy groups -OCH3 is 2. The molecule has 16 nitrogen and oxygen atoms in total. The van der Waals surface area contributed by atoms with Crippen LogP contribution >= 0.6 is 11.6 Å². The molecule has 1 fully saturated rings. The second-order valence-electron chi connectivity index (χ2n) is 16.1. The molecule has 0 bridgehead atoms. The van der Waals surface area contributed by atoms with Gasteiger partial charge in [-0.15, -0.1) is 20.4 Å². The van der Waals surface area contributed by atoms with E-state index in [-0.39, 0.29) is 43.3 Å². The topological polar surface area (TPSA) is 167 Å². The van der Waals surface area contributed by atoms with Gasteiger partial charge in [-0.1, -0.05) is 26.5 Å². The number of hydrogen-bond acceptors (Lipinski definition) is 14. The molecule has 0 N–H and O–H groups in total. The van der Waals surface area contributed by atoms with E-state index in [9.17, 15) is 43.9 Å². The molecule has 6 aromatic rings. The van der Waals surface area contributed by atoms with E-state index >= 15 is 0 Å². The molecular formula is C40H48BClF10N10O6. The molecule has 6 aromatic heterocycles. The maximum Gasteiger partial charge on any atom is 0.496 e. The molecule has 1 aliphatic heterocycles. The molecule has 28 heteroatoms. The van der Waals surface area contributed by atoms with Crippen LogP contribution in [-0.4, -0.2) is 106 Å². The molecule has 7 rings (SSSR count). The summed E-state index contributed by atoms with van der Waals surface area (Å²) in [7, 11) is 1.50. The van der Waals surface area contributed by atoms with Gasteiger partial charge in [0, 0.05) is 37.6 Å². The van der Waals surface area contributed by atoms with Gasteiger partial charge in [0.05, 0.1) is 16.9 Å². The first-order valence-electron chi connectivity index (χ1n) is 19.0. The van der Waals surface area contributed by atoms with Crippen LogP contribution in [0.3, 0.4) is 0 Å². The number of halogens is 11. The van der Waals surface area contributed by atoms with Gasteiger partial charge >= 0.3 is 25.6 Å². The van der Waals surface area contributed by atoms with E-state index in [4.69, 9.17) is 35.1 Å². The van der Waals surface area contributed by atoms with Crippen LogP contribution in [-0.2, 0) is 31.5 Å². The normalized spacial score (nSPS) is 14.9. The van der Waals surface area contributed by atoms with Gasteiger partial charge in [-0.2, -0.15) is 54.4 Å². The van der Waals surface area contributed by atoms with Gasteiger partial charge < -0.3 is 28.3 Å². The minimum Gasteiger partial charge on any atom is -0.460 e. The highest BCUT2D eigenvalue weighted by Crippen LogP contribution is 2.38. The highest BCUT2D eigenvalue weighted by Gasteiger charge is 2.53. The lowest BCUT2D eigenvalue weighted by atomic mass is 9.80. The summed E-state index contributed by atoms with van der Waals surface area (Å²) in [5.41, 5.74) is -4.91. The Labute approximate surface area is 388 Å². The van der Waals surface area contributed by atoms with Crippen molar-refractivity contribution in [2.45, 2.75) is 118 Å². The molecule has 68 heavy (non-hydrogen) atoms. The molecular weight excluding hydrogens is 953 g/mol. The Morgan fingerprint density at radius 2 is 1.18 bits per heavy atom. The van der Waals surface area contributed by atoms with E-state index in [1.54, 1.807) is 12.1 Å². The fourth-order valence-corrected chi connectivity index (χ4v) is 5.25. The number of alkyl halides is 8. The molecule has 0 unspecified atom stereocenters. The number of fused-ring (bicyclic) bond motifs is 2. The van der Waals surface area contributed by atoms with Crippen LogP contribution in [0.4, 0.5) is 43.9 Å². The zero-order valence-corrected chi connectivity index (χ0v) is 37.2. The van der Waals surface area contributed by atoms with Gasteiger partial charge in [0.25, 0.3) is 17.6 Å². The standard InChI is InChI=1S/C16H15F4N5O2.C15H20BF4NO3.C7H5ClF2N4O.2CH4/c1-15(2,16(18,19)20)27-14-10(17)6-9(7-21-14)11-4-5-12-22-23-13(8-26-3)25(12)24-11;1-12(2)13(3,4)24-16(23-12)9-7-10(17)11(21-8-9)22-14(5,6)15(18,19)20;1-15-7(9,10)6-12-11-5-3-2-4(8)13-14(5)6;;/h4-7H,8H2,1-3H3;7-8H,1-6H3;2-3H,1H3;2*1H4. The van der Waals surface area contributed by atoms with Crippen molar-refractivity contribution >= 4 is 35.5 Å². The van der Waals surface area contributed by atoms with E-state index in [2.05, 4.69) is 45.3 Å². The minimum absolute atomic E-state index is 0. The van der Waals surface area contributed by atoms with Gasteiger partial charge in [0.15, 0.2) is 40.0 Å². The lowest BCUT2D eigenvalue weighted by molar-refractivity contribution is -0.238. The van der Waals surface area contributed by atoms with Crippen LogP contribution < -0.4 is 14.9 Å². The number of ether oxygens (including phenoxy) is 4. The van der Waals surface area contributed by atoms with Crippen LogP contribution in [0.1, 0.15) is 81.9 Å². The molecule has 0 atom stereocenters. The third-order valence-corrected chi connectivity index (χ3v) is 10.1. The first-order valence-corrected chi connectivity index (χ1v) is 19.4. The second kappa shape index (κ2) is 20.6. The van der Waals surface area contributed by atoms with Crippen LogP contribution in [0.15, 0.2) is 48.8 Å². The minimum atomic E-state index is -4.68. The zero-order chi connectivity index (χ0) is 49.4. The number of pyridine rings is 2. The summed E-state index contributed by atoms with van der Waals surface area (Å²) < 4.78 is 164. The van der Waals surface area contributed by atoms with Crippen LogP contribution in [0.2, 0.25) is 5.15 Å². The lowest BCUT2D eigenvalue weighted by Crippen LogP contribution is -2.45. The summed E-state index contributed by atoms with van der Waals surface area (Å²) in [5, 5.41) is 22.7. The molecule has 1 saturated heterocycles. The van der Waals surface area contributed by atoms with Gasteiger partial charge in [-0.3, -0.25) is 0 Å². The summed E-state index contributed by atoms with van der Waals surface area (Å²) in [5.74, 6) is -3.78. The molecule has 7 heterocycles. The Balaban J connectivity index is 0.000000276. The predicted octanol–water partition coefficient (Wildman–Crippen LogP) is 9.18. The van der Waals surface area contributed by atoms with E-state index in [0.29, 0.717) is 17.2 Å². The van der Waals surface area contributed by atoms with Crippen LogP contribution in [0, 0.1) is 11.6 Å². The molecule has 1 aliphatic rings. The molecule has 374 valence electrons. The van der Waals surface area contributed by atoms with Crippen molar-refractivity contribution in [3.8, 4) is 23.0 Å². The van der Waals surface area contributed by atoms with Gasteiger partial charge in [-0.05, 0) is 91.8 Å². The van der Waals surface area contributed by atoms with Crippen molar-refractivity contribution in [3.05, 3.63) is 77.2 Å². The number of aromatic nitrogens is 10. The Morgan fingerprint density at radius 3 is 1.68 bits per heavy atom. The fourth-order valence-electron chi connectivity index (χ4n) is 5.11. The maximum absolute atomic E-state index is 14.3. The maximum atomic E-state index is 14.3. The van der Waals surface area contributed by atoms with Crippen molar-refractivity contribution in [2.75, 3.05) is 14.2 Å². The average Bonchev–Trinajstić information content (AvgIpc) is 3.88. The lowest BCUT2D eigenvalue weighted by Gasteiger charge is -2.32. The van der Waals surface area contributed by atoms with Crippen molar-refractivity contribution in [3.63, 3.8) is 0 Å². The van der Waals surface area contributed by atoms with Crippen molar-refractivity contribution in [2.24, 2.45) is 0 Å². The van der Waals surface area contributed by atoms with Gasteiger partial charge in [0.2, 0.25) is 0 Å². The predicted molar refractivity (Wildman–Crippen MR) is 226 cm³/mol. The van der Waals surface area contributed by atoms with E-state index in [1.807, 2.05) is 27.7 Å². The highest BCUT2D eigenvalue weighted by molar-refractivity contribution is 6.62. The van der Waals surface area contributed by atoms with Crippen molar-refractivity contribution < 1.29 is 72.2 Å². The molecule has 0 spiro atoms. The Kier molecular flexibility index (Phi) is 17.2. The summed E-state index contributed by atoms with van der Waals surface area (Å²) in [6.07, 6.45) is -10.5. The third-order valence-electron chi connectivity index (χ3n) is 9.87. The SMILES string of the molecule is C.C.CC(C)(Oc1ncc(B2OC(C)(C)C(C)(C)O2)cc1F)C(F)(F)F.COC(F)(F)c1nnc2ccc(Cl)nn12.COCc1nnc2ccc(-c3cnc(OC(C)(C)C(F)(F)F)c(F)c3)nn12. The van der Waals surface area contributed by atoms with Crippen molar-refractivity contribution in [1.29, 1.82) is 0 Å². The Bertz CT molecular complexity index is 2650. The summed E-state index contributed by atoms with van der Waals surface area (Å²) >= 11 is 5.57. The van der Waals surface area contributed by atoms with E-state index in [0.717, 1.165) is 51.5 Å². The molecule has 0 amide bonds. The summed E-state index contributed by atoms with van der Waals surface area (Å²) in [4.78, 5) is 7.34. The van der Waals surface area contributed by atoms with Crippen molar-refractivity contribution in [1.82, 2.24) is 49.6 Å². The molecule has 0 radical (unpaired) electrons. The molecule has 0 aromatic carbocycles. The second-order valence-corrected chi connectivity index (χ2v) is 16.5. The molecule has 0 saturated carbocycles. The summed E-state index contributed by atoms with van der Waals surface area (Å²) in [6.45, 7) is 10.7. The van der Waals surface area contributed by atoms with E-state index in [1.165, 1.54) is 36.2 Å². The van der Waals surface area contributed by atoms with E-state index < -0.39 is 77.2 Å². The summed E-state index contributed by atoms with van der Waals surface area (Å²) in [6, 6.07) is 8.05. The largest absolute Gasteiger partial charge is 0.496 e. The number of hydrogen-bond donors (Lipinski definition) is 0. The number of rotatable bonds is 10. The first-order chi connectivity index (χ1) is 30.3. The average molecular weight is 1000 g/mol. The Hall–Kier alpha value is -5.51. The Morgan fingerprint density at radius 1 is 0.676 bits per heavy atom. The third kappa shape index (κ3) is 12.4. The van der Waals surface area contributed by atoms with Gasteiger partial charge in [0.1, 0.15) is 11.8 Å². The van der Waals surface area contributed by atoms with Crippen LogP contribution in [0.25, 0.3) is 22.6 Å².